The van der Waals surface area contributed by atoms with Crippen LogP contribution in [0.25, 0.3) is 0 Å². The molecule has 7 nitrogen and oxygen atoms in total. The predicted octanol–water partition coefficient (Wildman–Crippen LogP) is 4.55. The van der Waals surface area contributed by atoms with Gasteiger partial charge >= 0.3 is 10.8 Å². The van der Waals surface area contributed by atoms with E-state index in [-0.39, 0.29) is 63.5 Å². The van der Waals surface area contributed by atoms with Crippen LogP contribution in [0.2, 0.25) is 0 Å². The Balaban J connectivity index is 1.32. The average molecular weight is 555 g/mol. The summed E-state index contributed by atoms with van der Waals surface area (Å²) in [5.41, 5.74) is 2.43. The molecule has 0 radical (unpaired) electrons. The summed E-state index contributed by atoms with van der Waals surface area (Å²) in [4.78, 5) is 57.1. The lowest BCUT2D eigenvalue weighted by Gasteiger charge is -2.43. The van der Waals surface area contributed by atoms with E-state index in [2.05, 4.69) is 50.0 Å². The number of thiazole rings is 1. The van der Waals surface area contributed by atoms with E-state index in [1.807, 2.05) is 6.92 Å². The number of rotatable bonds is 6. The maximum absolute atomic E-state index is 13.6. The van der Waals surface area contributed by atoms with E-state index in [4.69, 9.17) is 4.74 Å². The Labute approximate surface area is 230 Å². The molecule has 38 heavy (non-hydrogen) atoms. The largest absolute Gasteiger partial charge is 0.464 e. The van der Waals surface area contributed by atoms with Crippen molar-refractivity contribution in [3.63, 3.8) is 0 Å². The molecule has 1 aromatic heterocycles. The Morgan fingerprint density at radius 1 is 1.08 bits per heavy atom. The molecule has 7 unspecified atom stereocenters. The number of carbonyl (C=O) groups is 3. The highest BCUT2D eigenvalue weighted by molar-refractivity contribution is 8.00. The van der Waals surface area contributed by atoms with Gasteiger partial charge in [-0.15, -0.1) is 11.8 Å². The fourth-order valence-corrected chi connectivity index (χ4v) is 10.2. The molecular weight excluding hydrogens is 520 g/mol. The Morgan fingerprint density at radius 3 is 2.42 bits per heavy atom. The van der Waals surface area contributed by atoms with Gasteiger partial charge in [0.2, 0.25) is 11.8 Å². The fourth-order valence-electron chi connectivity index (χ4n) is 7.30. The molecule has 3 heterocycles. The van der Waals surface area contributed by atoms with Crippen LogP contribution in [-0.4, -0.2) is 46.1 Å². The number of aromatic amines is 1. The second-order valence-electron chi connectivity index (χ2n) is 12.2. The normalized spacial score (nSPS) is 31.4. The van der Waals surface area contributed by atoms with Crippen molar-refractivity contribution in [1.29, 1.82) is 0 Å². The molecule has 2 aliphatic heterocycles. The zero-order chi connectivity index (χ0) is 26.9. The van der Waals surface area contributed by atoms with Gasteiger partial charge in [-0.3, -0.25) is 24.1 Å². The van der Waals surface area contributed by atoms with Crippen LogP contribution in [0.5, 0.6) is 0 Å². The van der Waals surface area contributed by atoms with Crippen LogP contribution >= 0.6 is 23.1 Å². The Kier molecular flexibility index (Phi) is 6.37. The summed E-state index contributed by atoms with van der Waals surface area (Å²) in [5.74, 6) is -1.51. The third kappa shape index (κ3) is 3.99. The molecule has 1 N–H and O–H groups in total. The minimum atomic E-state index is -0.518. The van der Waals surface area contributed by atoms with Crippen molar-refractivity contribution in [2.75, 3.05) is 13.2 Å². The molecule has 7 atom stereocenters. The Morgan fingerprint density at radius 2 is 1.76 bits per heavy atom. The number of H-pyrrole nitrogens is 1. The summed E-state index contributed by atoms with van der Waals surface area (Å²) in [6, 6.07) is 8.70. The van der Waals surface area contributed by atoms with Gasteiger partial charge in [0, 0.05) is 16.0 Å². The van der Waals surface area contributed by atoms with E-state index < -0.39 is 11.9 Å². The lowest BCUT2D eigenvalue weighted by Crippen LogP contribution is -2.42. The highest BCUT2D eigenvalue weighted by Crippen LogP contribution is 2.68. The van der Waals surface area contributed by atoms with Crippen molar-refractivity contribution in [3.8, 4) is 0 Å². The van der Waals surface area contributed by atoms with Crippen molar-refractivity contribution in [1.82, 2.24) is 9.88 Å². The third-order valence-electron chi connectivity index (χ3n) is 9.00. The van der Waals surface area contributed by atoms with Crippen LogP contribution in [0.1, 0.15) is 68.9 Å². The van der Waals surface area contributed by atoms with Gasteiger partial charge in [0.25, 0.3) is 0 Å². The topological polar surface area (TPSA) is 96.5 Å². The fraction of sp³-hybridized carbons (Fsp3) is 0.586. The molecule has 202 valence electrons. The van der Waals surface area contributed by atoms with Gasteiger partial charge < -0.3 is 9.72 Å². The lowest BCUT2D eigenvalue weighted by atomic mass is 9.68. The van der Waals surface area contributed by atoms with Crippen LogP contribution in [0.3, 0.4) is 0 Å². The van der Waals surface area contributed by atoms with Gasteiger partial charge in [-0.2, -0.15) is 0 Å². The summed E-state index contributed by atoms with van der Waals surface area (Å²) >= 11 is 2.95. The van der Waals surface area contributed by atoms with Crippen LogP contribution in [0.4, 0.5) is 0 Å². The molecular formula is C29H34N2O5S2. The molecule has 1 saturated heterocycles. The van der Waals surface area contributed by atoms with Crippen molar-refractivity contribution in [2.45, 2.75) is 68.6 Å². The second kappa shape index (κ2) is 9.37. The van der Waals surface area contributed by atoms with Crippen molar-refractivity contribution in [2.24, 2.45) is 29.6 Å². The molecule has 2 aliphatic carbocycles. The molecule has 9 heteroatoms. The van der Waals surface area contributed by atoms with E-state index >= 15 is 0 Å². The number of amides is 2. The number of carbonyl (C=O) groups excluding carboxylic acids is 3. The van der Waals surface area contributed by atoms with Crippen molar-refractivity contribution in [3.05, 3.63) is 49.9 Å². The number of hydrogen-bond donors (Lipinski definition) is 1. The quantitative estimate of drug-likeness (QED) is 0.320. The third-order valence-corrected chi connectivity index (χ3v) is 11.6. The minimum absolute atomic E-state index is 0.00105. The van der Waals surface area contributed by atoms with Gasteiger partial charge in [0.1, 0.15) is 6.54 Å². The molecule has 2 bridgehead atoms. The Hall–Kier alpha value is -2.39. The van der Waals surface area contributed by atoms with Gasteiger partial charge in [0.15, 0.2) is 0 Å². The van der Waals surface area contributed by atoms with Crippen LogP contribution in [0, 0.1) is 29.6 Å². The Bertz CT molecular complexity index is 1340. The smallest absolute Gasteiger partial charge is 0.326 e. The first-order valence-electron chi connectivity index (χ1n) is 13.6. The number of ether oxygens (including phenoxy) is 1. The number of unbranched alkanes of at least 4 members (excludes halogenated alkanes) is 1. The van der Waals surface area contributed by atoms with Crippen LogP contribution < -0.4 is 4.87 Å². The predicted molar refractivity (Wildman–Crippen MR) is 146 cm³/mol. The molecule has 2 saturated carbocycles. The second-order valence-corrected chi connectivity index (χ2v) is 14.4. The summed E-state index contributed by atoms with van der Waals surface area (Å²) in [7, 11) is 0. The molecule has 3 fully saturated rings. The lowest BCUT2D eigenvalue weighted by molar-refractivity contribution is -0.153. The molecule has 2 aromatic rings. The number of hydrogen-bond acceptors (Lipinski definition) is 7. The van der Waals surface area contributed by atoms with Crippen molar-refractivity contribution < 1.29 is 19.1 Å². The maximum atomic E-state index is 13.6. The van der Waals surface area contributed by atoms with E-state index in [0.717, 1.165) is 39.6 Å². The first-order valence-corrected chi connectivity index (χ1v) is 15.3. The van der Waals surface area contributed by atoms with Crippen LogP contribution in [0.15, 0.2) is 34.1 Å². The SMILES string of the molecule is CCCCOC(=O)CN1C(=O)C2C3CC(C2C1=O)C1C(c2ccc(C(C)(C)C)cc2)c2sc(=O)[nH]c2SC31. The van der Waals surface area contributed by atoms with Gasteiger partial charge in [-0.25, -0.2) is 0 Å². The number of imide groups is 1. The first-order chi connectivity index (χ1) is 18.1. The van der Waals surface area contributed by atoms with E-state index in [9.17, 15) is 19.2 Å². The maximum Gasteiger partial charge on any atom is 0.326 e. The summed E-state index contributed by atoms with van der Waals surface area (Å²) in [6.45, 7) is 8.59. The standard InChI is InChI=1S/C29H34N2O5S2/c1-5-6-11-36-18(32)13-31-26(33)21-16-12-17(22(21)27(31)34)23-20(16)19(24-25(37-23)30-28(35)38-24)14-7-9-15(10-8-14)29(2,3)4/h7-10,16-17,19-23H,5-6,11-13H2,1-4H3,(H,30,35). The zero-order valence-electron chi connectivity index (χ0n) is 22.2. The number of likely N-dealkylation sites (tertiary alicyclic amines) is 1. The highest BCUT2D eigenvalue weighted by atomic mass is 32.2. The highest BCUT2D eigenvalue weighted by Gasteiger charge is 2.69. The summed E-state index contributed by atoms with van der Waals surface area (Å²) < 4.78 is 5.26. The molecule has 0 spiro atoms. The number of nitrogens with zero attached hydrogens (tertiary/aromatic N) is 1. The molecule has 6 rings (SSSR count). The monoisotopic (exact) mass is 554 g/mol. The first kappa shape index (κ1) is 25.9. The molecule has 1 aromatic carbocycles. The number of esters is 1. The van der Waals surface area contributed by atoms with E-state index in [1.165, 1.54) is 16.9 Å². The van der Waals surface area contributed by atoms with Gasteiger partial charge in [0.05, 0.1) is 23.5 Å². The van der Waals surface area contributed by atoms with E-state index in [0.29, 0.717) is 6.61 Å². The van der Waals surface area contributed by atoms with Gasteiger partial charge in [-0.1, -0.05) is 69.7 Å². The summed E-state index contributed by atoms with van der Waals surface area (Å²) in [6.07, 6.45) is 2.49. The van der Waals surface area contributed by atoms with Gasteiger partial charge in [-0.05, 0) is 47.1 Å². The number of benzene rings is 1. The molecule has 4 aliphatic rings. The average Bonchev–Trinajstić information content (AvgIpc) is 3.59. The van der Waals surface area contributed by atoms with Crippen molar-refractivity contribution >= 4 is 40.9 Å². The molecule has 2 amide bonds. The number of fused-ring (bicyclic) bond motifs is 9. The zero-order valence-corrected chi connectivity index (χ0v) is 23.8. The number of thioether (sulfide) groups is 1. The van der Waals surface area contributed by atoms with Crippen LogP contribution in [-0.2, 0) is 24.5 Å². The number of aromatic nitrogens is 1. The minimum Gasteiger partial charge on any atom is -0.464 e. The summed E-state index contributed by atoms with van der Waals surface area (Å²) in [5, 5.41) is 1.04. The van der Waals surface area contributed by atoms with E-state index in [1.54, 1.807) is 11.8 Å². The number of nitrogens with one attached hydrogen (secondary N) is 1.